The summed E-state index contributed by atoms with van der Waals surface area (Å²) in [7, 11) is 1.70. The second-order valence-electron chi connectivity index (χ2n) is 2.51. The highest BCUT2D eigenvalue weighted by molar-refractivity contribution is 5.11. The number of nitrogens with zero attached hydrogens (tertiary/aromatic N) is 3. The summed E-state index contributed by atoms with van der Waals surface area (Å²) in [5.74, 6) is 0. The molecule has 0 aliphatic rings. The summed E-state index contributed by atoms with van der Waals surface area (Å²) in [6.45, 7) is 5.36. The summed E-state index contributed by atoms with van der Waals surface area (Å²) in [6.07, 6.45) is 0.836. The largest absolute Gasteiger partial charge is 0.382 e. The van der Waals surface area contributed by atoms with Crippen molar-refractivity contribution in [3.63, 3.8) is 0 Å². The van der Waals surface area contributed by atoms with Gasteiger partial charge in [-0.1, -0.05) is 6.58 Å². The third kappa shape index (κ3) is 1.65. The molecule has 60 valence electrons. The van der Waals surface area contributed by atoms with Gasteiger partial charge in [-0.05, 0) is 12.5 Å². The van der Waals surface area contributed by atoms with E-state index in [2.05, 4.69) is 16.8 Å². The second-order valence-corrected chi connectivity index (χ2v) is 2.51. The molecule has 0 bridgehead atoms. The van der Waals surface area contributed by atoms with E-state index >= 15 is 0 Å². The smallest absolute Gasteiger partial charge is 0.120 e. The summed E-state index contributed by atoms with van der Waals surface area (Å²) in [5, 5.41) is 17.1. The van der Waals surface area contributed by atoms with E-state index in [0.717, 1.165) is 0 Å². The van der Waals surface area contributed by atoms with E-state index in [0.29, 0.717) is 11.3 Å². The van der Waals surface area contributed by atoms with Crippen molar-refractivity contribution in [2.75, 3.05) is 0 Å². The van der Waals surface area contributed by atoms with Crippen LogP contribution in [0.25, 0.3) is 0 Å². The van der Waals surface area contributed by atoms with Crippen LogP contribution in [0, 0.1) is 0 Å². The third-order valence-corrected chi connectivity index (χ3v) is 1.36. The minimum Gasteiger partial charge on any atom is -0.382 e. The summed E-state index contributed by atoms with van der Waals surface area (Å²) < 4.78 is 0. The normalized spacial score (nSPS) is 13.0. The number of hydrogen-bond donors (Lipinski definition) is 1. The van der Waals surface area contributed by atoms with Crippen molar-refractivity contribution in [2.45, 2.75) is 13.0 Å². The van der Waals surface area contributed by atoms with Gasteiger partial charge in [0, 0.05) is 7.05 Å². The highest BCUT2D eigenvalue weighted by atomic mass is 16.3. The molecule has 1 heterocycles. The van der Waals surface area contributed by atoms with Gasteiger partial charge in [0.25, 0.3) is 0 Å². The average molecular weight is 153 g/mol. The van der Waals surface area contributed by atoms with Gasteiger partial charge in [0.1, 0.15) is 11.8 Å². The first-order valence-corrected chi connectivity index (χ1v) is 3.31. The van der Waals surface area contributed by atoms with Crippen molar-refractivity contribution < 1.29 is 5.11 Å². The molecule has 1 N–H and O–H groups in total. The molecule has 1 aromatic rings. The second kappa shape index (κ2) is 2.84. The van der Waals surface area contributed by atoms with Crippen molar-refractivity contribution in [3.05, 3.63) is 24.0 Å². The molecule has 4 heteroatoms. The van der Waals surface area contributed by atoms with Gasteiger partial charge in [0.15, 0.2) is 0 Å². The minimum absolute atomic E-state index is 0.542. The van der Waals surface area contributed by atoms with E-state index in [-0.39, 0.29) is 0 Å². The van der Waals surface area contributed by atoms with E-state index in [9.17, 15) is 5.11 Å². The number of aryl methyl sites for hydroxylation is 1. The number of aliphatic hydroxyl groups is 1. The molecular formula is C7H11N3O. The van der Waals surface area contributed by atoms with Gasteiger partial charge in [-0.25, -0.2) is 0 Å². The lowest BCUT2D eigenvalue weighted by Crippen LogP contribution is -2.00. The fourth-order valence-corrected chi connectivity index (χ4v) is 0.739. The molecular weight excluding hydrogens is 142 g/mol. The predicted molar refractivity (Wildman–Crippen MR) is 40.8 cm³/mol. The summed E-state index contributed by atoms with van der Waals surface area (Å²) in [5.41, 5.74) is 1.21. The van der Waals surface area contributed by atoms with Crippen LogP contribution in [0.5, 0.6) is 0 Å². The molecule has 1 unspecified atom stereocenters. The maximum atomic E-state index is 9.40. The Hall–Kier alpha value is -1.16. The molecule has 11 heavy (non-hydrogen) atoms. The number of rotatable bonds is 2. The van der Waals surface area contributed by atoms with Gasteiger partial charge in [-0.15, -0.1) is 0 Å². The molecule has 0 amide bonds. The standard InChI is InChI=1S/C7H11N3O/c1-5(2)7(11)6-4-8-10(3)9-6/h4,7,11H,1H2,2-3H3. The van der Waals surface area contributed by atoms with Crippen LogP contribution in [0.4, 0.5) is 0 Å². The molecule has 0 fully saturated rings. The van der Waals surface area contributed by atoms with Gasteiger partial charge in [0.05, 0.1) is 6.20 Å². The van der Waals surface area contributed by atoms with E-state index in [1.54, 1.807) is 14.0 Å². The molecule has 0 aliphatic carbocycles. The zero-order valence-electron chi connectivity index (χ0n) is 6.65. The number of aromatic nitrogens is 3. The number of aliphatic hydroxyl groups excluding tert-OH is 1. The zero-order chi connectivity index (χ0) is 8.43. The van der Waals surface area contributed by atoms with E-state index < -0.39 is 6.10 Å². The van der Waals surface area contributed by atoms with Gasteiger partial charge in [-0.2, -0.15) is 15.0 Å². The van der Waals surface area contributed by atoms with Crippen molar-refractivity contribution >= 4 is 0 Å². The predicted octanol–water partition coefficient (Wildman–Crippen LogP) is 0.425. The van der Waals surface area contributed by atoms with Crippen molar-refractivity contribution in [3.8, 4) is 0 Å². The van der Waals surface area contributed by atoms with Crippen molar-refractivity contribution in [1.29, 1.82) is 0 Å². The first-order valence-electron chi connectivity index (χ1n) is 3.31. The van der Waals surface area contributed by atoms with E-state index in [1.165, 1.54) is 11.0 Å². The summed E-state index contributed by atoms with van der Waals surface area (Å²) in [6, 6.07) is 0. The third-order valence-electron chi connectivity index (χ3n) is 1.36. The van der Waals surface area contributed by atoms with Gasteiger partial charge in [-0.3, -0.25) is 0 Å². The van der Waals surface area contributed by atoms with Gasteiger partial charge in [0.2, 0.25) is 0 Å². The quantitative estimate of drug-likeness (QED) is 0.626. The van der Waals surface area contributed by atoms with Crippen LogP contribution in [0.2, 0.25) is 0 Å². The Morgan fingerprint density at radius 2 is 2.45 bits per heavy atom. The lowest BCUT2D eigenvalue weighted by Gasteiger charge is -2.03. The van der Waals surface area contributed by atoms with Crippen LogP contribution >= 0.6 is 0 Å². The Bertz CT molecular complexity index is 266. The van der Waals surface area contributed by atoms with Crippen LogP contribution in [0.3, 0.4) is 0 Å². The molecule has 1 aromatic heterocycles. The molecule has 0 aliphatic heterocycles. The van der Waals surface area contributed by atoms with Crippen LogP contribution in [-0.2, 0) is 7.05 Å². The molecule has 0 aromatic carbocycles. The fourth-order valence-electron chi connectivity index (χ4n) is 0.739. The van der Waals surface area contributed by atoms with Crippen molar-refractivity contribution in [1.82, 2.24) is 15.0 Å². The number of hydrogen-bond acceptors (Lipinski definition) is 3. The molecule has 4 nitrogen and oxygen atoms in total. The highest BCUT2D eigenvalue weighted by Crippen LogP contribution is 2.15. The first-order chi connectivity index (χ1) is 5.11. The fraction of sp³-hybridized carbons (Fsp3) is 0.429. The Labute approximate surface area is 65.2 Å². The lowest BCUT2D eigenvalue weighted by atomic mass is 10.1. The Balaban J connectivity index is 2.84. The maximum absolute atomic E-state index is 9.40. The molecule has 1 rings (SSSR count). The highest BCUT2D eigenvalue weighted by Gasteiger charge is 2.10. The van der Waals surface area contributed by atoms with Gasteiger partial charge >= 0.3 is 0 Å². The topological polar surface area (TPSA) is 50.9 Å². The lowest BCUT2D eigenvalue weighted by molar-refractivity contribution is 0.210. The Kier molecular flexibility index (Phi) is 2.05. The molecule has 0 saturated carbocycles. The summed E-state index contributed by atoms with van der Waals surface area (Å²) in [4.78, 5) is 1.40. The minimum atomic E-state index is -0.691. The van der Waals surface area contributed by atoms with Crippen LogP contribution in [0.1, 0.15) is 18.7 Å². The zero-order valence-corrected chi connectivity index (χ0v) is 6.65. The van der Waals surface area contributed by atoms with E-state index in [4.69, 9.17) is 0 Å². The van der Waals surface area contributed by atoms with Crippen LogP contribution in [-0.4, -0.2) is 20.1 Å². The Morgan fingerprint density at radius 3 is 2.82 bits per heavy atom. The van der Waals surface area contributed by atoms with Crippen LogP contribution < -0.4 is 0 Å². The first kappa shape index (κ1) is 7.94. The maximum Gasteiger partial charge on any atom is 0.120 e. The van der Waals surface area contributed by atoms with Crippen LogP contribution in [0.15, 0.2) is 18.3 Å². The monoisotopic (exact) mass is 153 g/mol. The average Bonchev–Trinajstić information content (AvgIpc) is 2.34. The molecule has 0 radical (unpaired) electrons. The van der Waals surface area contributed by atoms with Gasteiger partial charge < -0.3 is 5.11 Å². The molecule has 0 spiro atoms. The molecule has 0 saturated heterocycles. The summed E-state index contributed by atoms with van der Waals surface area (Å²) >= 11 is 0. The van der Waals surface area contributed by atoms with Crippen molar-refractivity contribution in [2.24, 2.45) is 7.05 Å². The Morgan fingerprint density at radius 1 is 1.82 bits per heavy atom. The SMILES string of the molecule is C=C(C)C(O)c1cnn(C)n1. The van der Waals surface area contributed by atoms with E-state index in [1.807, 2.05) is 0 Å². The molecule has 1 atom stereocenters.